The summed E-state index contributed by atoms with van der Waals surface area (Å²) < 4.78 is 0. The molecule has 1 aromatic rings. The highest BCUT2D eigenvalue weighted by Gasteiger charge is 2.28. The van der Waals surface area contributed by atoms with Crippen LogP contribution in [0.2, 0.25) is 0 Å². The third-order valence-corrected chi connectivity index (χ3v) is 4.25. The van der Waals surface area contributed by atoms with Crippen LogP contribution in [0.15, 0.2) is 24.3 Å². The van der Waals surface area contributed by atoms with E-state index in [9.17, 15) is 9.59 Å². The van der Waals surface area contributed by atoms with Gasteiger partial charge in [0.1, 0.15) is 6.04 Å². The van der Waals surface area contributed by atoms with E-state index >= 15 is 0 Å². The van der Waals surface area contributed by atoms with Gasteiger partial charge in [-0.25, -0.2) is 0 Å². The van der Waals surface area contributed by atoms with Gasteiger partial charge >= 0.3 is 0 Å². The summed E-state index contributed by atoms with van der Waals surface area (Å²) in [5, 5.41) is 8.99. The van der Waals surface area contributed by atoms with Crippen molar-refractivity contribution in [3.05, 3.63) is 35.4 Å². The van der Waals surface area contributed by atoms with E-state index in [0.717, 1.165) is 19.3 Å². The van der Waals surface area contributed by atoms with Crippen LogP contribution in [-0.2, 0) is 22.6 Å². The summed E-state index contributed by atoms with van der Waals surface area (Å²) in [5.41, 5.74) is 2.45. The third kappa shape index (κ3) is 3.24. The summed E-state index contributed by atoms with van der Waals surface area (Å²) in [6, 6.07) is 7.51. The van der Waals surface area contributed by atoms with Crippen molar-refractivity contribution in [2.45, 2.75) is 44.3 Å². The van der Waals surface area contributed by atoms with Gasteiger partial charge < -0.3 is 16.0 Å². The lowest BCUT2D eigenvalue weighted by Crippen LogP contribution is -2.53. The molecule has 2 aliphatic heterocycles. The maximum absolute atomic E-state index is 12.4. The van der Waals surface area contributed by atoms with Crippen LogP contribution >= 0.6 is 0 Å². The van der Waals surface area contributed by atoms with E-state index in [1.165, 1.54) is 11.1 Å². The van der Waals surface area contributed by atoms with Crippen molar-refractivity contribution in [1.82, 2.24) is 16.0 Å². The van der Waals surface area contributed by atoms with Crippen molar-refractivity contribution < 1.29 is 9.59 Å². The van der Waals surface area contributed by atoms with E-state index in [1.54, 1.807) is 0 Å². The van der Waals surface area contributed by atoms with Crippen LogP contribution in [-0.4, -0.2) is 30.4 Å². The van der Waals surface area contributed by atoms with Crippen molar-refractivity contribution in [1.29, 1.82) is 0 Å². The van der Waals surface area contributed by atoms with Crippen LogP contribution in [0.3, 0.4) is 0 Å². The van der Waals surface area contributed by atoms with Crippen molar-refractivity contribution in [2.75, 3.05) is 6.54 Å². The zero-order valence-electron chi connectivity index (χ0n) is 12.0. The Kier molecular flexibility index (Phi) is 4.20. The predicted octanol–water partition coefficient (Wildman–Crippen LogP) is 0.486. The largest absolute Gasteiger partial charge is 0.354 e. The highest BCUT2D eigenvalue weighted by molar-refractivity contribution is 5.90. The molecule has 0 bridgehead atoms. The summed E-state index contributed by atoms with van der Waals surface area (Å²) in [6.07, 6.45) is 3.34. The molecule has 1 aromatic carbocycles. The van der Waals surface area contributed by atoms with Gasteiger partial charge in [0, 0.05) is 13.1 Å². The molecule has 1 fully saturated rings. The zero-order valence-corrected chi connectivity index (χ0v) is 12.0. The van der Waals surface area contributed by atoms with Gasteiger partial charge in [0.15, 0.2) is 0 Å². The number of carbonyl (C=O) groups is 2. The number of hydrogen-bond donors (Lipinski definition) is 3. The summed E-state index contributed by atoms with van der Waals surface area (Å²) in [5.74, 6) is -0.136. The molecule has 5 nitrogen and oxygen atoms in total. The van der Waals surface area contributed by atoms with Crippen LogP contribution in [0.1, 0.15) is 30.4 Å². The molecule has 21 heavy (non-hydrogen) atoms. The Morgan fingerprint density at radius 2 is 2.00 bits per heavy atom. The van der Waals surface area contributed by atoms with Gasteiger partial charge in [0.2, 0.25) is 11.8 Å². The molecule has 3 rings (SSSR count). The number of benzene rings is 1. The Labute approximate surface area is 124 Å². The maximum atomic E-state index is 12.4. The standard InChI is InChI=1S/C16H21N3O2/c20-15-13(7-3-4-8-17-15)19-16(21)14-9-11-5-1-2-6-12(11)10-18-14/h1-2,5-6,13-14,18H,3-4,7-10H2,(H,17,20)(H,19,21). The normalized spacial score (nSPS) is 25.4. The van der Waals surface area contributed by atoms with Crippen LogP contribution in [0, 0.1) is 0 Å². The molecule has 2 aliphatic rings. The maximum Gasteiger partial charge on any atom is 0.242 e. The fourth-order valence-corrected chi connectivity index (χ4v) is 2.99. The molecular formula is C16H21N3O2. The predicted molar refractivity (Wildman–Crippen MR) is 79.6 cm³/mol. The van der Waals surface area contributed by atoms with Crippen molar-refractivity contribution in [3.63, 3.8) is 0 Å². The minimum atomic E-state index is -0.390. The summed E-state index contributed by atoms with van der Waals surface area (Å²) >= 11 is 0. The molecule has 2 heterocycles. The average molecular weight is 287 g/mol. The third-order valence-electron chi connectivity index (χ3n) is 4.25. The number of amides is 2. The Morgan fingerprint density at radius 1 is 1.19 bits per heavy atom. The molecule has 3 N–H and O–H groups in total. The van der Waals surface area contributed by atoms with Gasteiger partial charge in [-0.15, -0.1) is 0 Å². The number of hydrogen-bond acceptors (Lipinski definition) is 3. The van der Waals surface area contributed by atoms with E-state index < -0.39 is 0 Å². The van der Waals surface area contributed by atoms with E-state index in [1.807, 2.05) is 12.1 Å². The topological polar surface area (TPSA) is 70.2 Å². The molecule has 1 saturated heterocycles. The van der Waals surface area contributed by atoms with Crippen molar-refractivity contribution in [3.8, 4) is 0 Å². The first-order valence-corrected chi connectivity index (χ1v) is 7.62. The molecule has 0 spiro atoms. The van der Waals surface area contributed by atoms with Crippen LogP contribution in [0.5, 0.6) is 0 Å². The van der Waals surface area contributed by atoms with E-state index in [2.05, 4.69) is 28.1 Å². The number of fused-ring (bicyclic) bond motifs is 1. The molecule has 2 unspecified atom stereocenters. The molecule has 2 amide bonds. The SMILES string of the molecule is O=C(NC1CCCCNC1=O)C1Cc2ccccc2CN1. The van der Waals surface area contributed by atoms with Crippen molar-refractivity contribution >= 4 is 11.8 Å². The zero-order chi connectivity index (χ0) is 14.7. The van der Waals surface area contributed by atoms with Gasteiger partial charge in [0.05, 0.1) is 6.04 Å². The highest BCUT2D eigenvalue weighted by atomic mass is 16.2. The number of nitrogens with one attached hydrogen (secondary N) is 3. The average Bonchev–Trinajstić information content (AvgIpc) is 2.72. The molecule has 0 aromatic heterocycles. The first-order valence-electron chi connectivity index (χ1n) is 7.62. The van der Waals surface area contributed by atoms with E-state index in [-0.39, 0.29) is 23.9 Å². The van der Waals surface area contributed by atoms with Gasteiger partial charge in [-0.3, -0.25) is 9.59 Å². The second-order valence-electron chi connectivity index (χ2n) is 5.75. The first-order chi connectivity index (χ1) is 10.2. The van der Waals surface area contributed by atoms with Crippen LogP contribution in [0.4, 0.5) is 0 Å². The van der Waals surface area contributed by atoms with Crippen molar-refractivity contribution in [2.24, 2.45) is 0 Å². The quantitative estimate of drug-likeness (QED) is 0.741. The van der Waals surface area contributed by atoms with Crippen LogP contribution < -0.4 is 16.0 Å². The lowest BCUT2D eigenvalue weighted by molar-refractivity contribution is -0.130. The van der Waals surface area contributed by atoms with E-state index in [0.29, 0.717) is 19.5 Å². The second-order valence-corrected chi connectivity index (χ2v) is 5.75. The molecule has 0 radical (unpaired) electrons. The number of rotatable bonds is 2. The minimum absolute atomic E-state index is 0.0583. The fourth-order valence-electron chi connectivity index (χ4n) is 2.99. The lowest BCUT2D eigenvalue weighted by atomic mass is 9.95. The van der Waals surface area contributed by atoms with Gasteiger partial charge in [-0.2, -0.15) is 0 Å². The Bertz CT molecular complexity index is 544. The van der Waals surface area contributed by atoms with E-state index in [4.69, 9.17) is 0 Å². The summed E-state index contributed by atoms with van der Waals surface area (Å²) in [4.78, 5) is 24.3. The Balaban J connectivity index is 1.62. The molecular weight excluding hydrogens is 266 g/mol. The number of carbonyl (C=O) groups excluding carboxylic acids is 2. The van der Waals surface area contributed by atoms with Gasteiger partial charge in [-0.05, 0) is 36.8 Å². The Morgan fingerprint density at radius 3 is 2.86 bits per heavy atom. The molecule has 112 valence electrons. The first kappa shape index (κ1) is 14.1. The molecule has 0 aliphatic carbocycles. The summed E-state index contributed by atoms with van der Waals surface area (Å²) in [7, 11) is 0. The highest BCUT2D eigenvalue weighted by Crippen LogP contribution is 2.16. The molecule has 0 saturated carbocycles. The summed E-state index contributed by atoms with van der Waals surface area (Å²) in [6.45, 7) is 1.41. The fraction of sp³-hybridized carbons (Fsp3) is 0.500. The van der Waals surface area contributed by atoms with Crippen LogP contribution in [0.25, 0.3) is 0 Å². The van der Waals surface area contributed by atoms with Gasteiger partial charge in [-0.1, -0.05) is 24.3 Å². The monoisotopic (exact) mass is 287 g/mol. The lowest BCUT2D eigenvalue weighted by Gasteiger charge is -2.27. The smallest absolute Gasteiger partial charge is 0.242 e. The Hall–Kier alpha value is -1.88. The van der Waals surface area contributed by atoms with Gasteiger partial charge in [0.25, 0.3) is 0 Å². The second kappa shape index (κ2) is 6.26. The molecule has 5 heteroatoms. The minimum Gasteiger partial charge on any atom is -0.354 e. The molecule has 2 atom stereocenters.